The van der Waals surface area contributed by atoms with Crippen LogP contribution in [0.25, 0.3) is 0 Å². The van der Waals surface area contributed by atoms with E-state index in [1.807, 2.05) is 6.07 Å². The van der Waals surface area contributed by atoms with E-state index in [4.69, 9.17) is 5.73 Å². The van der Waals surface area contributed by atoms with Gasteiger partial charge in [0.25, 0.3) is 11.8 Å². The smallest absolute Gasteiger partial charge is 0.262 e. The molecule has 0 radical (unpaired) electrons. The lowest BCUT2D eigenvalue weighted by molar-refractivity contribution is -0.136. The number of amides is 4. The van der Waals surface area contributed by atoms with Gasteiger partial charge in [0.15, 0.2) is 0 Å². The van der Waals surface area contributed by atoms with E-state index in [0.717, 1.165) is 29.8 Å². The molecule has 0 spiro atoms. The van der Waals surface area contributed by atoms with E-state index >= 15 is 0 Å². The first-order valence-corrected chi connectivity index (χ1v) is 10.7. The fourth-order valence-corrected chi connectivity index (χ4v) is 4.95. The molecule has 1 saturated heterocycles. The Labute approximate surface area is 175 Å². The molecule has 160 valence electrons. The Morgan fingerprint density at radius 1 is 1.10 bits per heavy atom. The first kappa shape index (κ1) is 20.7. The molecule has 1 saturated carbocycles. The molecule has 0 aromatic heterocycles. The van der Waals surface area contributed by atoms with Crippen molar-refractivity contribution in [3.05, 3.63) is 34.9 Å². The van der Waals surface area contributed by atoms with E-state index in [2.05, 4.69) is 10.6 Å². The zero-order valence-electron chi connectivity index (χ0n) is 17.0. The summed E-state index contributed by atoms with van der Waals surface area (Å²) in [5.74, 6) is -1.91. The molecule has 4 rings (SSSR count). The van der Waals surface area contributed by atoms with Gasteiger partial charge in [-0.3, -0.25) is 29.4 Å². The molecule has 2 heterocycles. The monoisotopic (exact) mass is 412 g/mol. The Morgan fingerprint density at radius 3 is 2.57 bits per heavy atom. The largest absolute Gasteiger partial charge is 0.330 e. The highest BCUT2D eigenvalue weighted by molar-refractivity contribution is 6.24. The van der Waals surface area contributed by atoms with E-state index < -0.39 is 23.8 Å². The summed E-state index contributed by atoms with van der Waals surface area (Å²) in [5, 5.41) is 5.67. The van der Waals surface area contributed by atoms with Crippen molar-refractivity contribution < 1.29 is 19.2 Å². The summed E-state index contributed by atoms with van der Waals surface area (Å²) < 4.78 is 0. The number of rotatable bonds is 6. The molecule has 1 atom stereocenters. The van der Waals surface area contributed by atoms with Gasteiger partial charge in [0.05, 0.1) is 11.1 Å². The first-order chi connectivity index (χ1) is 14.5. The SMILES string of the molecule is NCC1(CNCc2cccc3c2C(=O)N(C2CCC(=O)NC2=O)C3=O)CCCCC1. The van der Waals surface area contributed by atoms with Crippen molar-refractivity contribution in [2.45, 2.75) is 57.5 Å². The molecule has 3 aliphatic rings. The van der Waals surface area contributed by atoms with Crippen LogP contribution in [-0.4, -0.2) is 47.7 Å². The van der Waals surface area contributed by atoms with Crippen molar-refractivity contribution in [1.82, 2.24) is 15.5 Å². The number of carbonyl (C=O) groups excluding carboxylic acids is 4. The van der Waals surface area contributed by atoms with Crippen LogP contribution in [0.2, 0.25) is 0 Å². The maximum atomic E-state index is 13.1. The van der Waals surface area contributed by atoms with Crippen molar-refractivity contribution in [3.63, 3.8) is 0 Å². The van der Waals surface area contributed by atoms with Crippen molar-refractivity contribution in [3.8, 4) is 0 Å². The Kier molecular flexibility index (Phi) is 5.71. The third-order valence-electron chi connectivity index (χ3n) is 6.72. The highest BCUT2D eigenvalue weighted by Gasteiger charge is 2.45. The molecular weight excluding hydrogens is 384 g/mol. The average Bonchev–Trinajstić information content (AvgIpc) is 3.00. The van der Waals surface area contributed by atoms with Gasteiger partial charge in [-0.05, 0) is 42.9 Å². The van der Waals surface area contributed by atoms with Crippen molar-refractivity contribution in [2.24, 2.45) is 11.1 Å². The standard InChI is InChI=1S/C22H28N4O4/c23-12-22(9-2-1-3-10-22)13-24-11-14-5-4-6-15-18(14)21(30)26(20(15)29)16-7-8-17(27)25-19(16)28/h4-6,16,24H,1-3,7-13,23H2,(H,25,27,28). The van der Waals surface area contributed by atoms with E-state index in [-0.39, 0.29) is 24.2 Å². The van der Waals surface area contributed by atoms with Crippen LogP contribution in [0.15, 0.2) is 18.2 Å². The zero-order chi connectivity index (χ0) is 21.3. The Bertz CT molecular complexity index is 891. The molecule has 8 nitrogen and oxygen atoms in total. The molecule has 0 bridgehead atoms. The number of nitrogens with zero attached hydrogens (tertiary/aromatic N) is 1. The van der Waals surface area contributed by atoms with E-state index in [1.165, 1.54) is 19.3 Å². The third kappa shape index (κ3) is 3.65. The number of hydrogen-bond donors (Lipinski definition) is 3. The van der Waals surface area contributed by atoms with Gasteiger partial charge in [-0.25, -0.2) is 0 Å². The molecule has 1 aliphatic carbocycles. The highest BCUT2D eigenvalue weighted by atomic mass is 16.2. The second-order valence-electron chi connectivity index (χ2n) is 8.66. The summed E-state index contributed by atoms with van der Waals surface area (Å²) in [6.07, 6.45) is 6.10. The number of nitrogens with two attached hydrogens (primary N) is 1. The van der Waals surface area contributed by atoms with Crippen molar-refractivity contribution in [2.75, 3.05) is 13.1 Å². The van der Waals surface area contributed by atoms with Crippen molar-refractivity contribution in [1.29, 1.82) is 0 Å². The molecule has 2 fully saturated rings. The molecular formula is C22H28N4O4. The topological polar surface area (TPSA) is 122 Å². The van der Waals surface area contributed by atoms with Crippen LogP contribution in [0.3, 0.4) is 0 Å². The lowest BCUT2D eigenvalue weighted by Gasteiger charge is -2.36. The van der Waals surface area contributed by atoms with Gasteiger partial charge in [-0.2, -0.15) is 0 Å². The molecule has 4 N–H and O–H groups in total. The lowest BCUT2D eigenvalue weighted by atomic mass is 9.74. The van der Waals surface area contributed by atoms with Gasteiger partial charge < -0.3 is 11.1 Å². The van der Waals surface area contributed by atoms with Gasteiger partial charge in [0.2, 0.25) is 11.8 Å². The fourth-order valence-electron chi connectivity index (χ4n) is 4.95. The van der Waals surface area contributed by atoms with E-state index in [9.17, 15) is 19.2 Å². The third-order valence-corrected chi connectivity index (χ3v) is 6.72. The van der Waals surface area contributed by atoms with Crippen LogP contribution in [-0.2, 0) is 16.1 Å². The maximum absolute atomic E-state index is 13.1. The molecule has 8 heteroatoms. The number of nitrogens with one attached hydrogen (secondary N) is 2. The number of hydrogen-bond acceptors (Lipinski definition) is 6. The Hall–Kier alpha value is -2.58. The lowest BCUT2D eigenvalue weighted by Crippen LogP contribution is -2.54. The number of benzene rings is 1. The van der Waals surface area contributed by atoms with Crippen LogP contribution in [0.5, 0.6) is 0 Å². The second-order valence-corrected chi connectivity index (χ2v) is 8.66. The minimum Gasteiger partial charge on any atom is -0.330 e. The molecule has 1 unspecified atom stereocenters. The van der Waals surface area contributed by atoms with Crippen LogP contribution < -0.4 is 16.4 Å². The average molecular weight is 412 g/mol. The number of fused-ring (bicyclic) bond motifs is 1. The Morgan fingerprint density at radius 2 is 1.87 bits per heavy atom. The van der Waals surface area contributed by atoms with Gasteiger partial charge >= 0.3 is 0 Å². The number of piperidine rings is 1. The Balaban J connectivity index is 1.50. The normalized spacial score (nSPS) is 23.5. The second kappa shape index (κ2) is 8.28. The van der Waals surface area contributed by atoms with Gasteiger partial charge in [-0.15, -0.1) is 0 Å². The minimum absolute atomic E-state index is 0.0921. The number of carbonyl (C=O) groups is 4. The zero-order valence-corrected chi connectivity index (χ0v) is 17.0. The van der Waals surface area contributed by atoms with Crippen molar-refractivity contribution >= 4 is 23.6 Å². The summed E-state index contributed by atoms with van der Waals surface area (Å²) in [6, 6.07) is 4.27. The van der Waals surface area contributed by atoms with Crippen LogP contribution in [0.4, 0.5) is 0 Å². The summed E-state index contributed by atoms with van der Waals surface area (Å²) in [6.45, 7) is 1.85. The first-order valence-electron chi connectivity index (χ1n) is 10.7. The van der Waals surface area contributed by atoms with Crippen LogP contribution >= 0.6 is 0 Å². The predicted molar refractivity (Wildman–Crippen MR) is 109 cm³/mol. The summed E-state index contributed by atoms with van der Waals surface area (Å²) in [4.78, 5) is 50.7. The predicted octanol–water partition coefficient (Wildman–Crippen LogP) is 1.09. The highest BCUT2D eigenvalue weighted by Crippen LogP contribution is 2.35. The molecule has 2 aliphatic heterocycles. The van der Waals surface area contributed by atoms with Crippen LogP contribution in [0, 0.1) is 5.41 Å². The van der Waals surface area contributed by atoms with E-state index in [1.54, 1.807) is 12.1 Å². The van der Waals surface area contributed by atoms with Gasteiger partial charge in [0.1, 0.15) is 6.04 Å². The maximum Gasteiger partial charge on any atom is 0.262 e. The number of imide groups is 2. The summed E-state index contributed by atoms with van der Waals surface area (Å²) in [5.41, 5.74) is 7.56. The summed E-state index contributed by atoms with van der Waals surface area (Å²) >= 11 is 0. The van der Waals surface area contributed by atoms with E-state index in [0.29, 0.717) is 24.2 Å². The molecule has 1 aromatic carbocycles. The van der Waals surface area contributed by atoms with Gasteiger partial charge in [-0.1, -0.05) is 31.4 Å². The quantitative estimate of drug-likeness (QED) is 0.601. The van der Waals surface area contributed by atoms with Crippen LogP contribution in [0.1, 0.15) is 71.2 Å². The molecule has 4 amide bonds. The fraction of sp³-hybridized carbons (Fsp3) is 0.545. The molecule has 1 aromatic rings. The summed E-state index contributed by atoms with van der Waals surface area (Å²) in [7, 11) is 0. The minimum atomic E-state index is -0.946. The van der Waals surface area contributed by atoms with Gasteiger partial charge in [0, 0.05) is 19.5 Å². The molecule has 30 heavy (non-hydrogen) atoms.